The van der Waals surface area contributed by atoms with Crippen LogP contribution in [-0.2, 0) is 24.8 Å². The molecule has 0 spiro atoms. The van der Waals surface area contributed by atoms with E-state index in [2.05, 4.69) is 16.6 Å². The maximum absolute atomic E-state index is 11.6. The van der Waals surface area contributed by atoms with Gasteiger partial charge in [0.1, 0.15) is 5.75 Å². The average Bonchev–Trinajstić information content (AvgIpc) is 3.30. The smallest absolute Gasteiger partial charge is 0.230 e. The Morgan fingerprint density at radius 1 is 1.32 bits per heavy atom. The summed E-state index contributed by atoms with van der Waals surface area (Å²) in [6, 6.07) is 7.67. The zero-order chi connectivity index (χ0) is 21.8. The highest BCUT2D eigenvalue weighted by Gasteiger charge is 2.20. The van der Waals surface area contributed by atoms with Crippen LogP contribution in [0.3, 0.4) is 0 Å². The van der Waals surface area contributed by atoms with Crippen molar-refractivity contribution in [3.63, 3.8) is 0 Å². The fraction of sp³-hybridized carbons (Fsp3) is 0.458. The Labute approximate surface area is 187 Å². The van der Waals surface area contributed by atoms with Gasteiger partial charge in [0, 0.05) is 24.7 Å². The third-order valence-corrected chi connectivity index (χ3v) is 7.33. The monoisotopic (exact) mass is 438 g/mol. The van der Waals surface area contributed by atoms with Gasteiger partial charge >= 0.3 is 0 Å². The van der Waals surface area contributed by atoms with Crippen molar-refractivity contribution in [2.75, 3.05) is 7.11 Å². The minimum atomic E-state index is 0.391. The fourth-order valence-electron chi connectivity index (χ4n) is 4.33. The number of ether oxygens (including phenoxy) is 1. The van der Waals surface area contributed by atoms with Crippen LogP contribution in [0.2, 0.25) is 0 Å². The van der Waals surface area contributed by atoms with Crippen molar-refractivity contribution in [2.24, 2.45) is 18.1 Å². The van der Waals surface area contributed by atoms with Crippen LogP contribution in [0.5, 0.6) is 5.75 Å². The molecule has 1 aliphatic rings. The number of hydrogen-bond donors (Lipinski definition) is 0. The van der Waals surface area contributed by atoms with Crippen LogP contribution in [0.1, 0.15) is 53.9 Å². The van der Waals surface area contributed by atoms with Crippen molar-refractivity contribution < 1.29 is 9.53 Å². The standard InChI is InChI=1S/C24H30N4O2S/c1-17-21(14-25-28(16-29)15-19-10-7-11-20(12-19)30-3)23-24(27(17)2)26-22(31-23)13-18-8-5-4-6-9-18/h7,10-12,14,16,18H,4-6,8-9,13,15H2,1-3H3/b25-14-. The summed E-state index contributed by atoms with van der Waals surface area (Å²) in [4.78, 5) is 16.6. The van der Waals surface area contributed by atoms with Gasteiger partial charge in [-0.25, -0.2) is 9.99 Å². The van der Waals surface area contributed by atoms with Gasteiger partial charge in [0.05, 0.1) is 29.6 Å². The number of fused-ring (bicyclic) bond motifs is 1. The highest BCUT2D eigenvalue weighted by molar-refractivity contribution is 7.19. The van der Waals surface area contributed by atoms with Crippen molar-refractivity contribution >= 4 is 34.3 Å². The number of aromatic nitrogens is 2. The molecule has 1 saturated carbocycles. The Morgan fingerprint density at radius 2 is 2.13 bits per heavy atom. The number of hydrazone groups is 1. The maximum Gasteiger partial charge on any atom is 0.230 e. The van der Waals surface area contributed by atoms with E-state index in [0.29, 0.717) is 6.54 Å². The van der Waals surface area contributed by atoms with Gasteiger partial charge in [-0.2, -0.15) is 5.10 Å². The molecular formula is C24H30N4O2S. The zero-order valence-electron chi connectivity index (χ0n) is 18.5. The van der Waals surface area contributed by atoms with Gasteiger partial charge in [0.2, 0.25) is 6.41 Å². The zero-order valence-corrected chi connectivity index (χ0v) is 19.3. The van der Waals surface area contributed by atoms with Crippen LogP contribution >= 0.6 is 11.3 Å². The van der Waals surface area contributed by atoms with Crippen LogP contribution in [0, 0.1) is 12.8 Å². The van der Waals surface area contributed by atoms with Gasteiger partial charge in [-0.15, -0.1) is 11.3 Å². The SMILES string of the molecule is COc1cccc(CN(C=O)/N=C\c2c(C)n(C)c3nc(CC4CCCCC4)sc23)c1. The van der Waals surface area contributed by atoms with Crippen molar-refractivity contribution in [3.05, 3.63) is 46.1 Å². The van der Waals surface area contributed by atoms with Crippen LogP contribution in [0.15, 0.2) is 29.4 Å². The summed E-state index contributed by atoms with van der Waals surface area (Å²) in [5, 5.41) is 7.10. The summed E-state index contributed by atoms with van der Waals surface area (Å²) in [5.41, 5.74) is 4.13. The molecule has 7 heteroatoms. The first-order valence-electron chi connectivity index (χ1n) is 10.9. The van der Waals surface area contributed by atoms with E-state index in [0.717, 1.165) is 51.7 Å². The molecule has 0 radical (unpaired) electrons. The molecular weight excluding hydrogens is 408 g/mol. The largest absolute Gasteiger partial charge is 0.497 e. The van der Waals surface area contributed by atoms with Crippen LogP contribution in [0.4, 0.5) is 0 Å². The molecule has 4 rings (SSSR count). The van der Waals surface area contributed by atoms with Gasteiger partial charge < -0.3 is 9.30 Å². The molecule has 0 saturated heterocycles. The molecule has 1 amide bonds. The van der Waals surface area contributed by atoms with E-state index in [-0.39, 0.29) is 0 Å². The summed E-state index contributed by atoms with van der Waals surface area (Å²) in [7, 11) is 3.68. The first-order chi connectivity index (χ1) is 15.1. The highest BCUT2D eigenvalue weighted by atomic mass is 32.1. The lowest BCUT2D eigenvalue weighted by Crippen LogP contribution is -2.15. The molecule has 0 aliphatic heterocycles. The van der Waals surface area contributed by atoms with Crippen molar-refractivity contribution in [1.82, 2.24) is 14.6 Å². The number of amides is 1. The van der Waals surface area contributed by atoms with Gasteiger partial charge in [0.15, 0.2) is 5.65 Å². The Balaban J connectivity index is 1.54. The highest BCUT2D eigenvalue weighted by Crippen LogP contribution is 2.33. The third kappa shape index (κ3) is 4.82. The van der Waals surface area contributed by atoms with Gasteiger partial charge in [-0.05, 0) is 30.5 Å². The van der Waals surface area contributed by atoms with Crippen molar-refractivity contribution in [2.45, 2.75) is 52.0 Å². The lowest BCUT2D eigenvalue weighted by Gasteiger charge is -2.20. The Hall–Kier alpha value is -2.67. The fourth-order valence-corrected chi connectivity index (χ4v) is 5.61. The van der Waals surface area contributed by atoms with Gasteiger partial charge in [0.25, 0.3) is 0 Å². The molecule has 0 atom stereocenters. The van der Waals surface area contributed by atoms with E-state index in [1.165, 1.54) is 42.1 Å². The van der Waals surface area contributed by atoms with E-state index in [4.69, 9.17) is 9.72 Å². The average molecular weight is 439 g/mol. The van der Waals surface area contributed by atoms with E-state index >= 15 is 0 Å². The molecule has 0 N–H and O–H groups in total. The number of thiazole rings is 1. The first kappa shape index (κ1) is 21.6. The number of hydrogen-bond acceptors (Lipinski definition) is 5. The number of benzene rings is 1. The van der Waals surface area contributed by atoms with E-state index in [9.17, 15) is 4.79 Å². The van der Waals surface area contributed by atoms with Gasteiger partial charge in [-0.3, -0.25) is 4.79 Å². The maximum atomic E-state index is 11.6. The molecule has 3 aromatic rings. The third-order valence-electron chi connectivity index (χ3n) is 6.23. The summed E-state index contributed by atoms with van der Waals surface area (Å²) in [5.74, 6) is 1.53. The lowest BCUT2D eigenvalue weighted by molar-refractivity contribution is -0.118. The number of nitrogens with zero attached hydrogens (tertiary/aromatic N) is 4. The summed E-state index contributed by atoms with van der Waals surface area (Å²) >= 11 is 1.77. The second-order valence-corrected chi connectivity index (χ2v) is 9.41. The van der Waals surface area contributed by atoms with E-state index in [1.54, 1.807) is 24.7 Å². The lowest BCUT2D eigenvalue weighted by atomic mass is 9.87. The van der Waals surface area contributed by atoms with Crippen LogP contribution < -0.4 is 4.74 Å². The Morgan fingerprint density at radius 3 is 2.87 bits per heavy atom. The first-order valence-corrected chi connectivity index (χ1v) is 11.7. The minimum absolute atomic E-state index is 0.391. The molecule has 164 valence electrons. The van der Waals surface area contributed by atoms with Crippen LogP contribution in [0.25, 0.3) is 10.3 Å². The molecule has 2 heterocycles. The molecule has 1 aromatic carbocycles. The Kier molecular flexibility index (Phi) is 6.70. The number of rotatable bonds is 8. The molecule has 2 aromatic heterocycles. The van der Waals surface area contributed by atoms with Crippen LogP contribution in [-0.4, -0.2) is 34.3 Å². The number of carbonyl (C=O) groups is 1. The molecule has 1 aliphatic carbocycles. The Bertz CT molecular complexity index is 1080. The minimum Gasteiger partial charge on any atom is -0.497 e. The van der Waals surface area contributed by atoms with Gasteiger partial charge in [-0.1, -0.05) is 44.2 Å². The summed E-state index contributed by atoms with van der Waals surface area (Å²) < 4.78 is 8.55. The van der Waals surface area contributed by atoms with E-state index in [1.807, 2.05) is 31.3 Å². The predicted molar refractivity (Wildman–Crippen MR) is 126 cm³/mol. The molecule has 0 unspecified atom stereocenters. The number of carbonyl (C=O) groups excluding carboxylic acids is 1. The molecule has 1 fully saturated rings. The van der Waals surface area contributed by atoms with Crippen molar-refractivity contribution in [3.8, 4) is 5.75 Å². The number of methoxy groups -OCH3 is 1. The summed E-state index contributed by atoms with van der Waals surface area (Å²) in [6.07, 6.45) is 10.3. The van der Waals surface area contributed by atoms with E-state index < -0.39 is 0 Å². The molecule has 31 heavy (non-hydrogen) atoms. The molecule has 0 bridgehead atoms. The topological polar surface area (TPSA) is 59.7 Å². The second kappa shape index (κ2) is 9.64. The molecule has 6 nitrogen and oxygen atoms in total. The van der Waals surface area contributed by atoms with Crippen molar-refractivity contribution in [1.29, 1.82) is 0 Å². The quantitative estimate of drug-likeness (QED) is 0.280. The number of aryl methyl sites for hydroxylation is 1. The summed E-state index contributed by atoms with van der Waals surface area (Å²) in [6.45, 7) is 2.46. The normalized spacial score (nSPS) is 15.1. The predicted octanol–water partition coefficient (Wildman–Crippen LogP) is 5.07. The second-order valence-electron chi connectivity index (χ2n) is 8.33.